The van der Waals surface area contributed by atoms with E-state index in [9.17, 15) is 4.79 Å². The van der Waals surface area contributed by atoms with Crippen molar-refractivity contribution in [3.63, 3.8) is 0 Å². The van der Waals surface area contributed by atoms with E-state index in [0.717, 1.165) is 23.1 Å². The molecule has 0 bridgehead atoms. The van der Waals surface area contributed by atoms with Gasteiger partial charge in [0.25, 0.3) is 0 Å². The molecule has 1 rings (SSSR count). The molecule has 0 heterocycles. The number of rotatable bonds is 10. The molecule has 0 aromatic heterocycles. The van der Waals surface area contributed by atoms with Crippen LogP contribution in [0.25, 0.3) is 0 Å². The lowest BCUT2D eigenvalue weighted by Gasteiger charge is -2.20. The fourth-order valence-corrected chi connectivity index (χ4v) is 2.62. The molecule has 0 spiro atoms. The number of carbonyl (C=O) groups excluding carboxylic acids is 1. The van der Waals surface area contributed by atoms with Gasteiger partial charge in [0.1, 0.15) is 5.75 Å². The highest BCUT2D eigenvalue weighted by molar-refractivity contribution is 9.10. The summed E-state index contributed by atoms with van der Waals surface area (Å²) < 4.78 is 11.9. The summed E-state index contributed by atoms with van der Waals surface area (Å²) >= 11 is 3.56. The van der Waals surface area contributed by atoms with E-state index in [1.54, 1.807) is 0 Å². The zero-order valence-electron chi connectivity index (χ0n) is 15.8. The van der Waals surface area contributed by atoms with Gasteiger partial charge in [-0.2, -0.15) is 0 Å². The molecule has 2 amide bonds. The minimum absolute atomic E-state index is 0.112. The van der Waals surface area contributed by atoms with Crippen LogP contribution in [0.2, 0.25) is 0 Å². The van der Waals surface area contributed by atoms with Crippen molar-refractivity contribution < 1.29 is 14.3 Å². The molecule has 1 aromatic carbocycles. The highest BCUT2D eigenvalue weighted by atomic mass is 79.9. The van der Waals surface area contributed by atoms with Crippen LogP contribution in [0.4, 0.5) is 4.79 Å². The second-order valence-electron chi connectivity index (χ2n) is 6.83. The Kier molecular flexibility index (Phi) is 9.90. The summed E-state index contributed by atoms with van der Waals surface area (Å²) in [5.41, 5.74) is 1.37. The van der Waals surface area contributed by atoms with Gasteiger partial charge < -0.3 is 20.1 Å². The standard InChI is InChI=1S/C19H31BrN2O3/c1-5-24-12-6-10-21-18(23)22-11-7-13-25-17-9-8-15(14-16(17)20)19(2,3)4/h8-9,14H,5-7,10-13H2,1-4H3,(H2,21,22,23). The van der Waals surface area contributed by atoms with Gasteiger partial charge in [-0.05, 0) is 58.8 Å². The molecule has 0 saturated heterocycles. The van der Waals surface area contributed by atoms with Gasteiger partial charge in [-0.15, -0.1) is 0 Å². The maximum atomic E-state index is 11.6. The van der Waals surface area contributed by atoms with Crippen LogP contribution < -0.4 is 15.4 Å². The van der Waals surface area contributed by atoms with Crippen molar-refractivity contribution in [3.05, 3.63) is 28.2 Å². The number of nitrogens with one attached hydrogen (secondary N) is 2. The van der Waals surface area contributed by atoms with E-state index in [1.165, 1.54) is 5.56 Å². The average molecular weight is 415 g/mol. The number of amides is 2. The Morgan fingerprint density at radius 1 is 1.12 bits per heavy atom. The predicted octanol–water partition coefficient (Wildman–Crippen LogP) is 4.24. The van der Waals surface area contributed by atoms with Gasteiger partial charge in [0.15, 0.2) is 0 Å². The molecule has 0 atom stereocenters. The third-order valence-electron chi connectivity index (χ3n) is 3.62. The first-order chi connectivity index (χ1) is 11.8. The van der Waals surface area contributed by atoms with E-state index in [4.69, 9.17) is 9.47 Å². The Morgan fingerprint density at radius 2 is 1.76 bits per heavy atom. The molecule has 1 aromatic rings. The summed E-state index contributed by atoms with van der Waals surface area (Å²) in [6.07, 6.45) is 1.57. The molecule has 0 radical (unpaired) electrons. The predicted molar refractivity (Wildman–Crippen MR) is 105 cm³/mol. The van der Waals surface area contributed by atoms with Gasteiger partial charge in [0.05, 0.1) is 11.1 Å². The molecule has 6 heteroatoms. The largest absolute Gasteiger partial charge is 0.492 e. The number of ether oxygens (including phenoxy) is 2. The number of urea groups is 1. The van der Waals surface area contributed by atoms with E-state index in [2.05, 4.69) is 59.5 Å². The topological polar surface area (TPSA) is 59.6 Å². The number of carbonyl (C=O) groups is 1. The molecule has 5 nitrogen and oxygen atoms in total. The highest BCUT2D eigenvalue weighted by Gasteiger charge is 2.15. The van der Waals surface area contributed by atoms with Crippen LogP contribution in [0.3, 0.4) is 0 Å². The molecule has 0 aliphatic rings. The first-order valence-corrected chi connectivity index (χ1v) is 9.66. The minimum atomic E-state index is -0.146. The Bertz CT molecular complexity index is 530. The summed E-state index contributed by atoms with van der Waals surface area (Å²) in [5.74, 6) is 0.827. The SMILES string of the molecule is CCOCCCNC(=O)NCCCOc1ccc(C(C)(C)C)cc1Br. The molecule has 0 fully saturated rings. The maximum Gasteiger partial charge on any atom is 0.314 e. The van der Waals surface area contributed by atoms with E-state index >= 15 is 0 Å². The number of benzene rings is 1. The molecule has 142 valence electrons. The molecule has 0 aliphatic heterocycles. The second kappa shape index (κ2) is 11.4. The maximum absolute atomic E-state index is 11.6. The molecule has 0 unspecified atom stereocenters. The van der Waals surface area contributed by atoms with Crippen LogP contribution in [-0.2, 0) is 10.2 Å². The zero-order valence-corrected chi connectivity index (χ0v) is 17.4. The first-order valence-electron chi connectivity index (χ1n) is 8.87. The third-order valence-corrected chi connectivity index (χ3v) is 4.24. The van der Waals surface area contributed by atoms with Crippen molar-refractivity contribution in [2.45, 2.75) is 46.0 Å². The second-order valence-corrected chi connectivity index (χ2v) is 7.68. The Labute approximate surface area is 160 Å². The Balaban J connectivity index is 2.18. The molecule has 0 aliphatic carbocycles. The monoisotopic (exact) mass is 414 g/mol. The van der Waals surface area contributed by atoms with Gasteiger partial charge in [0, 0.05) is 26.3 Å². The van der Waals surface area contributed by atoms with Crippen LogP contribution >= 0.6 is 15.9 Å². The van der Waals surface area contributed by atoms with Crippen LogP contribution in [-0.4, -0.2) is 38.9 Å². The van der Waals surface area contributed by atoms with Gasteiger partial charge in [0.2, 0.25) is 0 Å². The average Bonchev–Trinajstić information content (AvgIpc) is 2.54. The Hall–Kier alpha value is -1.27. The third kappa shape index (κ3) is 9.12. The fourth-order valence-electron chi connectivity index (χ4n) is 2.12. The lowest BCUT2D eigenvalue weighted by atomic mass is 9.87. The number of hydrogen-bond acceptors (Lipinski definition) is 3. The smallest absolute Gasteiger partial charge is 0.314 e. The lowest BCUT2D eigenvalue weighted by molar-refractivity contribution is 0.145. The quantitative estimate of drug-likeness (QED) is 0.562. The highest BCUT2D eigenvalue weighted by Crippen LogP contribution is 2.31. The van der Waals surface area contributed by atoms with Crippen LogP contribution in [0, 0.1) is 0 Å². The van der Waals surface area contributed by atoms with Crippen molar-refractivity contribution in [2.75, 3.05) is 32.9 Å². The lowest BCUT2D eigenvalue weighted by Crippen LogP contribution is -2.37. The van der Waals surface area contributed by atoms with Gasteiger partial charge in [-0.25, -0.2) is 4.79 Å². The van der Waals surface area contributed by atoms with Crippen molar-refractivity contribution in [3.8, 4) is 5.75 Å². The summed E-state index contributed by atoms with van der Waals surface area (Å²) in [4.78, 5) is 11.6. The van der Waals surface area contributed by atoms with Crippen molar-refractivity contribution in [2.24, 2.45) is 0 Å². The Morgan fingerprint density at radius 3 is 2.32 bits per heavy atom. The summed E-state index contributed by atoms with van der Waals surface area (Å²) in [7, 11) is 0. The van der Waals surface area contributed by atoms with Crippen molar-refractivity contribution in [1.29, 1.82) is 0 Å². The summed E-state index contributed by atoms with van der Waals surface area (Å²) in [6.45, 7) is 11.6. The summed E-state index contributed by atoms with van der Waals surface area (Å²) in [5, 5.41) is 5.62. The summed E-state index contributed by atoms with van der Waals surface area (Å²) in [6, 6.07) is 6.03. The normalized spacial score (nSPS) is 11.2. The molecular formula is C19H31BrN2O3. The van der Waals surface area contributed by atoms with E-state index < -0.39 is 0 Å². The van der Waals surface area contributed by atoms with Crippen LogP contribution in [0.5, 0.6) is 5.75 Å². The molecular weight excluding hydrogens is 384 g/mol. The first kappa shape index (κ1) is 21.8. The van der Waals surface area contributed by atoms with Gasteiger partial charge in [-0.3, -0.25) is 0 Å². The van der Waals surface area contributed by atoms with Crippen molar-refractivity contribution in [1.82, 2.24) is 10.6 Å². The molecule has 25 heavy (non-hydrogen) atoms. The van der Waals surface area contributed by atoms with Crippen LogP contribution in [0.1, 0.15) is 46.1 Å². The minimum Gasteiger partial charge on any atom is -0.492 e. The van der Waals surface area contributed by atoms with Crippen LogP contribution in [0.15, 0.2) is 22.7 Å². The fraction of sp³-hybridized carbons (Fsp3) is 0.632. The van der Waals surface area contributed by atoms with Crippen molar-refractivity contribution >= 4 is 22.0 Å². The molecule has 0 saturated carbocycles. The number of halogens is 1. The van der Waals surface area contributed by atoms with Gasteiger partial charge in [-0.1, -0.05) is 26.8 Å². The van der Waals surface area contributed by atoms with Gasteiger partial charge >= 0.3 is 6.03 Å². The van der Waals surface area contributed by atoms with E-state index in [0.29, 0.717) is 32.9 Å². The number of hydrogen-bond donors (Lipinski definition) is 2. The van der Waals surface area contributed by atoms with E-state index in [-0.39, 0.29) is 11.4 Å². The van der Waals surface area contributed by atoms with E-state index in [1.807, 2.05) is 13.0 Å². The zero-order chi connectivity index (χ0) is 18.7. The molecule has 2 N–H and O–H groups in total.